The second kappa shape index (κ2) is 6.55. The molecule has 0 atom stereocenters. The van der Waals surface area contributed by atoms with Crippen LogP contribution in [0.1, 0.15) is 36.8 Å². The molecule has 0 bridgehead atoms. The van der Waals surface area contributed by atoms with E-state index >= 15 is 0 Å². The van der Waals surface area contributed by atoms with Crippen LogP contribution in [0.25, 0.3) is 10.8 Å². The monoisotopic (exact) mass is 335 g/mol. The van der Waals surface area contributed by atoms with E-state index in [1.165, 1.54) is 12.7 Å². The maximum absolute atomic E-state index is 11.6. The van der Waals surface area contributed by atoms with Crippen LogP contribution in [0.15, 0.2) is 54.7 Å². The summed E-state index contributed by atoms with van der Waals surface area (Å²) >= 11 is 0. The fraction of sp³-hybridized carbons (Fsp3) is 0.238. The molecule has 1 heterocycles. The summed E-state index contributed by atoms with van der Waals surface area (Å²) in [5.74, 6) is 1.07. The van der Waals surface area contributed by atoms with Crippen LogP contribution in [0.2, 0.25) is 0 Å². The Bertz CT molecular complexity index is 909. The highest BCUT2D eigenvalue weighted by Crippen LogP contribution is 2.28. The van der Waals surface area contributed by atoms with Gasteiger partial charge >= 0.3 is 5.97 Å². The number of fused-ring (bicyclic) bond motifs is 1. The fourth-order valence-electron chi connectivity index (χ4n) is 2.56. The maximum atomic E-state index is 11.6. The molecule has 4 heteroatoms. The smallest absolute Gasteiger partial charge is 0.356 e. The number of carbonyl (C=O) groups excluding carboxylic acids is 1. The van der Waals surface area contributed by atoms with Crippen molar-refractivity contribution in [2.45, 2.75) is 26.2 Å². The Hall–Kier alpha value is -2.88. The number of rotatable bonds is 3. The van der Waals surface area contributed by atoms with E-state index in [9.17, 15) is 4.79 Å². The number of benzene rings is 2. The van der Waals surface area contributed by atoms with Crippen molar-refractivity contribution in [2.24, 2.45) is 0 Å². The molecule has 0 radical (unpaired) electrons. The molecule has 0 aliphatic rings. The Balaban J connectivity index is 1.83. The average molecular weight is 335 g/mol. The van der Waals surface area contributed by atoms with Gasteiger partial charge in [0.25, 0.3) is 0 Å². The van der Waals surface area contributed by atoms with Crippen LogP contribution < -0.4 is 4.74 Å². The second-order valence-corrected chi connectivity index (χ2v) is 6.95. The number of hydrogen-bond donors (Lipinski definition) is 0. The summed E-state index contributed by atoms with van der Waals surface area (Å²) in [6, 6.07) is 15.5. The van der Waals surface area contributed by atoms with Crippen LogP contribution >= 0.6 is 0 Å². The van der Waals surface area contributed by atoms with Crippen molar-refractivity contribution in [3.8, 4) is 11.5 Å². The predicted octanol–water partition coefficient (Wildman–Crippen LogP) is 5.11. The Morgan fingerprint density at radius 1 is 0.920 bits per heavy atom. The zero-order chi connectivity index (χ0) is 18.0. The van der Waals surface area contributed by atoms with Crippen molar-refractivity contribution < 1.29 is 14.3 Å². The minimum absolute atomic E-state index is 0.116. The third kappa shape index (κ3) is 3.79. The standard InChI is InChI=1S/C21H21NO3/c1-21(2,3)16-6-9-17(10-7-16)25-18-8-5-14-12-19(20(23)24-4)22-13-15(14)11-18/h5-13H,1-4H3. The molecular formula is C21H21NO3. The van der Waals surface area contributed by atoms with Gasteiger partial charge in [0.15, 0.2) is 0 Å². The molecule has 0 unspecified atom stereocenters. The quantitative estimate of drug-likeness (QED) is 0.624. The molecule has 3 aromatic rings. The van der Waals surface area contributed by atoms with Crippen molar-refractivity contribution in [1.82, 2.24) is 4.98 Å². The van der Waals surface area contributed by atoms with E-state index in [4.69, 9.17) is 9.47 Å². The highest BCUT2D eigenvalue weighted by atomic mass is 16.5. The number of hydrogen-bond acceptors (Lipinski definition) is 4. The number of methoxy groups -OCH3 is 1. The van der Waals surface area contributed by atoms with Gasteiger partial charge in [0.1, 0.15) is 17.2 Å². The van der Waals surface area contributed by atoms with Gasteiger partial charge in [-0.05, 0) is 46.7 Å². The number of ether oxygens (including phenoxy) is 2. The van der Waals surface area contributed by atoms with Gasteiger partial charge in [-0.25, -0.2) is 9.78 Å². The maximum Gasteiger partial charge on any atom is 0.356 e. The van der Waals surface area contributed by atoms with Gasteiger partial charge in [-0.1, -0.05) is 39.0 Å². The molecule has 0 spiro atoms. The van der Waals surface area contributed by atoms with E-state index in [-0.39, 0.29) is 5.41 Å². The lowest BCUT2D eigenvalue weighted by atomic mass is 9.87. The molecule has 4 nitrogen and oxygen atoms in total. The number of carbonyl (C=O) groups is 1. The number of pyridine rings is 1. The molecule has 0 aliphatic heterocycles. The first-order valence-electron chi connectivity index (χ1n) is 8.13. The van der Waals surface area contributed by atoms with Crippen molar-refractivity contribution in [3.63, 3.8) is 0 Å². The van der Waals surface area contributed by atoms with Crippen LogP contribution in [-0.4, -0.2) is 18.1 Å². The van der Waals surface area contributed by atoms with Crippen molar-refractivity contribution in [1.29, 1.82) is 0 Å². The van der Waals surface area contributed by atoms with Crippen LogP contribution in [0, 0.1) is 0 Å². The van der Waals surface area contributed by atoms with Crippen molar-refractivity contribution in [3.05, 3.63) is 66.0 Å². The molecule has 25 heavy (non-hydrogen) atoms. The van der Waals surface area contributed by atoms with Crippen molar-refractivity contribution in [2.75, 3.05) is 7.11 Å². The van der Waals surface area contributed by atoms with Gasteiger partial charge in [0.2, 0.25) is 0 Å². The zero-order valence-corrected chi connectivity index (χ0v) is 14.9. The number of nitrogens with zero attached hydrogens (tertiary/aromatic N) is 1. The highest BCUT2D eigenvalue weighted by Gasteiger charge is 2.13. The van der Waals surface area contributed by atoms with Gasteiger partial charge in [0.05, 0.1) is 7.11 Å². The third-order valence-electron chi connectivity index (χ3n) is 4.04. The summed E-state index contributed by atoms with van der Waals surface area (Å²) in [5, 5.41) is 1.81. The SMILES string of the molecule is COC(=O)c1cc2ccc(Oc3ccc(C(C)(C)C)cc3)cc2cn1. The van der Waals surface area contributed by atoms with Crippen LogP contribution in [0.5, 0.6) is 11.5 Å². The largest absolute Gasteiger partial charge is 0.464 e. The lowest BCUT2D eigenvalue weighted by molar-refractivity contribution is 0.0594. The van der Waals surface area contributed by atoms with E-state index in [1.54, 1.807) is 12.3 Å². The first-order chi connectivity index (χ1) is 11.9. The van der Waals surface area contributed by atoms with Gasteiger partial charge in [-0.2, -0.15) is 0 Å². The average Bonchev–Trinajstić information content (AvgIpc) is 2.60. The van der Waals surface area contributed by atoms with Crippen molar-refractivity contribution >= 4 is 16.7 Å². The van der Waals surface area contributed by atoms with E-state index in [0.29, 0.717) is 5.69 Å². The molecule has 0 amide bonds. The topological polar surface area (TPSA) is 48.4 Å². The lowest BCUT2D eigenvalue weighted by Crippen LogP contribution is -2.10. The summed E-state index contributed by atoms with van der Waals surface area (Å²) in [7, 11) is 1.34. The molecule has 0 aliphatic carbocycles. The van der Waals surface area contributed by atoms with Gasteiger partial charge in [-0.3, -0.25) is 0 Å². The highest BCUT2D eigenvalue weighted by molar-refractivity contribution is 5.93. The molecule has 0 fully saturated rings. The molecule has 3 rings (SSSR count). The Labute approximate surface area is 147 Å². The minimum atomic E-state index is -0.443. The molecule has 0 saturated carbocycles. The second-order valence-electron chi connectivity index (χ2n) is 6.95. The third-order valence-corrected chi connectivity index (χ3v) is 4.04. The molecule has 0 saturated heterocycles. The van der Waals surface area contributed by atoms with E-state index in [2.05, 4.69) is 37.9 Å². The molecular weight excluding hydrogens is 314 g/mol. The van der Waals surface area contributed by atoms with E-state index in [1.807, 2.05) is 30.3 Å². The summed E-state index contributed by atoms with van der Waals surface area (Å²) in [4.78, 5) is 15.7. The predicted molar refractivity (Wildman–Crippen MR) is 98.3 cm³/mol. The van der Waals surface area contributed by atoms with E-state index in [0.717, 1.165) is 22.3 Å². The minimum Gasteiger partial charge on any atom is -0.464 e. The molecule has 128 valence electrons. The summed E-state index contributed by atoms with van der Waals surface area (Å²) < 4.78 is 10.6. The van der Waals surface area contributed by atoms with Gasteiger partial charge in [-0.15, -0.1) is 0 Å². The normalized spacial score (nSPS) is 11.4. The number of aromatic nitrogens is 1. The Morgan fingerprint density at radius 2 is 1.60 bits per heavy atom. The Kier molecular flexibility index (Phi) is 4.45. The lowest BCUT2D eigenvalue weighted by Gasteiger charge is -2.19. The fourth-order valence-corrected chi connectivity index (χ4v) is 2.56. The van der Waals surface area contributed by atoms with Crippen LogP contribution in [-0.2, 0) is 10.2 Å². The first kappa shape index (κ1) is 17.0. The molecule has 0 N–H and O–H groups in total. The van der Waals surface area contributed by atoms with Crippen LogP contribution in [0.3, 0.4) is 0 Å². The summed E-state index contributed by atoms with van der Waals surface area (Å²) in [5.41, 5.74) is 1.67. The van der Waals surface area contributed by atoms with Crippen LogP contribution in [0.4, 0.5) is 0 Å². The summed E-state index contributed by atoms with van der Waals surface area (Å²) in [6.07, 6.45) is 1.65. The zero-order valence-electron chi connectivity index (χ0n) is 14.9. The summed E-state index contributed by atoms with van der Waals surface area (Å²) in [6.45, 7) is 6.55. The number of esters is 1. The molecule has 1 aromatic heterocycles. The Morgan fingerprint density at radius 3 is 2.24 bits per heavy atom. The molecule has 2 aromatic carbocycles. The first-order valence-corrected chi connectivity index (χ1v) is 8.13. The van der Waals surface area contributed by atoms with E-state index < -0.39 is 5.97 Å². The van der Waals surface area contributed by atoms with Gasteiger partial charge < -0.3 is 9.47 Å². The van der Waals surface area contributed by atoms with Gasteiger partial charge in [0, 0.05) is 11.6 Å².